The zero-order valence-electron chi connectivity index (χ0n) is 10.8. The Morgan fingerprint density at radius 3 is 2.24 bits per heavy atom. The lowest BCUT2D eigenvalue weighted by molar-refractivity contribution is -0.137. The number of anilines is 1. The Morgan fingerprint density at radius 2 is 1.81 bits per heavy atom. The molecule has 1 amide bonds. The van der Waals surface area contributed by atoms with Crippen LogP contribution < -0.4 is 5.32 Å². The third-order valence-electron chi connectivity index (χ3n) is 3.14. The molecular formula is C14H11F3N2O2. The molecule has 0 bridgehead atoms. The first-order chi connectivity index (χ1) is 9.82. The molecule has 0 radical (unpaired) electrons. The van der Waals surface area contributed by atoms with Gasteiger partial charge >= 0.3 is 6.18 Å². The largest absolute Gasteiger partial charge is 0.416 e. The topological polar surface area (TPSA) is 70.0 Å². The molecule has 1 fully saturated rings. The van der Waals surface area contributed by atoms with Crippen LogP contribution in [0.3, 0.4) is 0 Å². The van der Waals surface area contributed by atoms with Crippen LogP contribution in [-0.2, 0) is 15.8 Å². The molecule has 110 valence electrons. The molecule has 2 rings (SSSR count). The van der Waals surface area contributed by atoms with Gasteiger partial charge in [0.15, 0.2) is 11.7 Å². The van der Waals surface area contributed by atoms with Crippen molar-refractivity contribution in [3.63, 3.8) is 0 Å². The van der Waals surface area contributed by atoms with Crippen molar-refractivity contribution >= 4 is 17.4 Å². The van der Waals surface area contributed by atoms with E-state index in [-0.39, 0.29) is 11.6 Å². The number of hydrogen-bond acceptors (Lipinski definition) is 3. The standard InChI is InChI=1S/C14H11F3N2O2/c15-14(16,17)9-3-5-10(6-4-9)19-13(21)11(7-18)12(20)8-1-2-8/h3-6,8,11H,1-2H2,(H,19,21). The zero-order chi connectivity index (χ0) is 15.6. The molecule has 1 aliphatic carbocycles. The number of halogens is 3. The highest BCUT2D eigenvalue weighted by atomic mass is 19.4. The first kappa shape index (κ1) is 15.0. The molecule has 1 aliphatic rings. The molecule has 7 heteroatoms. The number of ketones is 1. The van der Waals surface area contributed by atoms with Crippen molar-refractivity contribution in [3.05, 3.63) is 29.8 Å². The van der Waals surface area contributed by atoms with Gasteiger partial charge in [0.1, 0.15) is 0 Å². The predicted octanol–water partition coefficient (Wildman–Crippen LogP) is 2.76. The van der Waals surface area contributed by atoms with E-state index < -0.39 is 29.3 Å². The quantitative estimate of drug-likeness (QED) is 0.868. The number of hydrogen-bond donors (Lipinski definition) is 1. The van der Waals surface area contributed by atoms with Gasteiger partial charge in [0.05, 0.1) is 11.6 Å². The summed E-state index contributed by atoms with van der Waals surface area (Å²) in [7, 11) is 0. The molecule has 0 heterocycles. The molecule has 0 aliphatic heterocycles. The van der Waals surface area contributed by atoms with Gasteiger partial charge in [-0.05, 0) is 37.1 Å². The summed E-state index contributed by atoms with van der Waals surface area (Å²) in [5.74, 6) is -2.90. The van der Waals surface area contributed by atoms with Gasteiger partial charge in [-0.15, -0.1) is 0 Å². The van der Waals surface area contributed by atoms with Gasteiger partial charge in [-0.3, -0.25) is 9.59 Å². The minimum atomic E-state index is -4.46. The SMILES string of the molecule is N#CC(C(=O)Nc1ccc(C(F)(F)F)cc1)C(=O)C1CC1. The summed E-state index contributed by atoms with van der Waals surface area (Å²) in [5, 5.41) is 11.2. The van der Waals surface area contributed by atoms with E-state index in [1.54, 1.807) is 6.07 Å². The maximum atomic E-state index is 12.4. The van der Waals surface area contributed by atoms with Gasteiger partial charge in [-0.1, -0.05) is 0 Å². The second-order valence-electron chi connectivity index (χ2n) is 4.80. The molecule has 1 unspecified atom stereocenters. The van der Waals surface area contributed by atoms with Crippen LogP contribution >= 0.6 is 0 Å². The van der Waals surface area contributed by atoms with Crippen molar-refractivity contribution in [3.8, 4) is 6.07 Å². The molecule has 1 saturated carbocycles. The Bertz CT molecular complexity index is 598. The van der Waals surface area contributed by atoms with Crippen LogP contribution in [0, 0.1) is 23.2 Å². The second kappa shape index (κ2) is 5.56. The maximum Gasteiger partial charge on any atom is 0.416 e. The fraction of sp³-hybridized carbons (Fsp3) is 0.357. The summed E-state index contributed by atoms with van der Waals surface area (Å²) in [5.41, 5.74) is -0.733. The number of nitrogens with zero attached hydrogens (tertiary/aromatic N) is 1. The van der Waals surface area contributed by atoms with E-state index in [1.165, 1.54) is 0 Å². The highest BCUT2D eigenvalue weighted by Crippen LogP contribution is 2.33. The van der Waals surface area contributed by atoms with Crippen molar-refractivity contribution in [2.24, 2.45) is 11.8 Å². The van der Waals surface area contributed by atoms with Crippen molar-refractivity contribution in [1.82, 2.24) is 0 Å². The number of Topliss-reactive ketones (excluding diaryl/α,β-unsaturated/α-hetero) is 1. The summed E-state index contributed by atoms with van der Waals surface area (Å²) in [6.07, 6.45) is -3.12. The average molecular weight is 296 g/mol. The average Bonchev–Trinajstić information content (AvgIpc) is 3.23. The number of rotatable bonds is 4. The highest BCUT2D eigenvalue weighted by Gasteiger charge is 2.38. The Kier molecular flexibility index (Phi) is 3.98. The van der Waals surface area contributed by atoms with Crippen LogP contribution in [0.2, 0.25) is 0 Å². The number of benzene rings is 1. The first-order valence-corrected chi connectivity index (χ1v) is 6.24. The summed E-state index contributed by atoms with van der Waals surface area (Å²) < 4.78 is 37.2. The molecule has 21 heavy (non-hydrogen) atoms. The number of alkyl halides is 3. The third kappa shape index (κ3) is 3.60. The van der Waals surface area contributed by atoms with E-state index in [0.29, 0.717) is 12.8 Å². The lowest BCUT2D eigenvalue weighted by Crippen LogP contribution is -2.29. The van der Waals surface area contributed by atoms with Crippen molar-refractivity contribution < 1.29 is 22.8 Å². The fourth-order valence-electron chi connectivity index (χ4n) is 1.81. The normalized spacial score (nSPS) is 15.9. The highest BCUT2D eigenvalue weighted by molar-refractivity contribution is 6.10. The van der Waals surface area contributed by atoms with Gasteiger partial charge < -0.3 is 5.32 Å². The Morgan fingerprint density at radius 1 is 1.24 bits per heavy atom. The number of nitriles is 1. The number of carbonyl (C=O) groups excluding carboxylic acids is 2. The van der Waals surface area contributed by atoms with Crippen LogP contribution in [-0.4, -0.2) is 11.7 Å². The molecule has 4 nitrogen and oxygen atoms in total. The molecule has 0 saturated heterocycles. The minimum absolute atomic E-state index is 0.108. The van der Waals surface area contributed by atoms with E-state index >= 15 is 0 Å². The van der Waals surface area contributed by atoms with Crippen molar-refractivity contribution in [1.29, 1.82) is 5.26 Å². The summed E-state index contributed by atoms with van der Waals surface area (Å²) in [6.45, 7) is 0. The van der Waals surface area contributed by atoms with Crippen molar-refractivity contribution in [2.45, 2.75) is 19.0 Å². The zero-order valence-corrected chi connectivity index (χ0v) is 10.8. The first-order valence-electron chi connectivity index (χ1n) is 6.24. The Labute approximate surface area is 118 Å². The smallest absolute Gasteiger partial charge is 0.325 e. The lowest BCUT2D eigenvalue weighted by atomic mass is 10.0. The lowest BCUT2D eigenvalue weighted by Gasteiger charge is -2.10. The summed E-state index contributed by atoms with van der Waals surface area (Å²) >= 11 is 0. The molecule has 1 N–H and O–H groups in total. The van der Waals surface area contributed by atoms with E-state index in [1.807, 2.05) is 0 Å². The molecule has 1 atom stereocenters. The molecular weight excluding hydrogens is 285 g/mol. The summed E-state index contributed by atoms with van der Waals surface area (Å²) in [4.78, 5) is 23.5. The predicted molar refractivity (Wildman–Crippen MR) is 66.9 cm³/mol. The molecule has 0 spiro atoms. The Hall–Kier alpha value is -2.36. The monoisotopic (exact) mass is 296 g/mol. The number of carbonyl (C=O) groups is 2. The van der Waals surface area contributed by atoms with Crippen LogP contribution in [0.4, 0.5) is 18.9 Å². The maximum absolute atomic E-state index is 12.4. The van der Waals surface area contributed by atoms with Crippen LogP contribution in [0.5, 0.6) is 0 Å². The van der Waals surface area contributed by atoms with E-state index in [0.717, 1.165) is 24.3 Å². The van der Waals surface area contributed by atoms with Gasteiger partial charge in [-0.25, -0.2) is 0 Å². The molecule has 0 aromatic heterocycles. The van der Waals surface area contributed by atoms with E-state index in [4.69, 9.17) is 5.26 Å². The summed E-state index contributed by atoms with van der Waals surface area (Å²) in [6, 6.07) is 5.44. The van der Waals surface area contributed by atoms with Gasteiger partial charge in [0, 0.05) is 11.6 Å². The molecule has 1 aromatic carbocycles. The van der Waals surface area contributed by atoms with E-state index in [9.17, 15) is 22.8 Å². The molecule has 1 aromatic rings. The van der Waals surface area contributed by atoms with Crippen LogP contribution in [0.25, 0.3) is 0 Å². The number of amides is 1. The van der Waals surface area contributed by atoms with Gasteiger partial charge in [0.25, 0.3) is 0 Å². The number of nitrogens with one attached hydrogen (secondary N) is 1. The van der Waals surface area contributed by atoms with E-state index in [2.05, 4.69) is 5.32 Å². The minimum Gasteiger partial charge on any atom is -0.325 e. The fourth-order valence-corrected chi connectivity index (χ4v) is 1.81. The Balaban J connectivity index is 2.05. The van der Waals surface area contributed by atoms with Crippen LogP contribution in [0.1, 0.15) is 18.4 Å². The second-order valence-corrected chi connectivity index (χ2v) is 4.80. The van der Waals surface area contributed by atoms with Gasteiger partial charge in [-0.2, -0.15) is 18.4 Å². The van der Waals surface area contributed by atoms with Crippen LogP contribution in [0.15, 0.2) is 24.3 Å². The van der Waals surface area contributed by atoms with Gasteiger partial charge in [0.2, 0.25) is 5.91 Å². The third-order valence-corrected chi connectivity index (χ3v) is 3.14. The van der Waals surface area contributed by atoms with Crippen molar-refractivity contribution in [2.75, 3.05) is 5.32 Å².